The molecule has 1 amide bonds. The molecule has 0 atom stereocenters. The van der Waals surface area contributed by atoms with Crippen LogP contribution in [0.4, 0.5) is 18.9 Å². The Morgan fingerprint density at radius 2 is 1.89 bits per heavy atom. The first-order chi connectivity index (χ1) is 13.0. The fourth-order valence-corrected chi connectivity index (χ4v) is 3.47. The fourth-order valence-electron chi connectivity index (χ4n) is 2.24. The molecule has 0 aliphatic rings. The van der Waals surface area contributed by atoms with Crippen molar-refractivity contribution in [3.05, 3.63) is 64.1 Å². The summed E-state index contributed by atoms with van der Waals surface area (Å²) in [7, 11) is -3.78. The van der Waals surface area contributed by atoms with Gasteiger partial charge in [0.05, 0.1) is 23.7 Å². The minimum Gasteiger partial charge on any atom is -0.271 e. The van der Waals surface area contributed by atoms with E-state index < -0.39 is 34.2 Å². The summed E-state index contributed by atoms with van der Waals surface area (Å²) in [6.45, 7) is -0.590. The van der Waals surface area contributed by atoms with E-state index in [9.17, 15) is 26.4 Å². The number of carbonyl (C=O) groups excluding carboxylic acids is 1. The summed E-state index contributed by atoms with van der Waals surface area (Å²) in [4.78, 5) is 12.1. The molecule has 0 radical (unpaired) electrons. The summed E-state index contributed by atoms with van der Waals surface area (Å²) in [5.74, 6) is -0.814. The first kappa shape index (κ1) is 21.9. The van der Waals surface area contributed by atoms with Gasteiger partial charge in [-0.25, -0.2) is 13.8 Å². The average Bonchev–Trinajstić information content (AvgIpc) is 2.58. The van der Waals surface area contributed by atoms with Crippen LogP contribution in [0, 0.1) is 0 Å². The molecule has 6 nitrogen and oxygen atoms in total. The molecule has 0 fully saturated rings. The SMILES string of the molecule is CS(=O)(=O)N(CC(=O)N/N=C\c1ccccc1C(F)(F)F)c1cccc(Br)c1. The Kier molecular flexibility index (Phi) is 6.83. The fraction of sp³-hybridized carbons (Fsp3) is 0.176. The van der Waals surface area contributed by atoms with Crippen molar-refractivity contribution in [3.8, 4) is 0 Å². The van der Waals surface area contributed by atoms with Gasteiger partial charge in [-0.15, -0.1) is 0 Å². The van der Waals surface area contributed by atoms with E-state index in [1.165, 1.54) is 30.3 Å². The topological polar surface area (TPSA) is 78.8 Å². The first-order valence-corrected chi connectivity index (χ1v) is 10.3. The average molecular weight is 478 g/mol. The number of anilines is 1. The molecule has 0 saturated heterocycles. The number of rotatable bonds is 6. The lowest BCUT2D eigenvalue weighted by molar-refractivity contribution is -0.137. The van der Waals surface area contributed by atoms with Crippen molar-refractivity contribution in [2.45, 2.75) is 6.18 Å². The van der Waals surface area contributed by atoms with Gasteiger partial charge in [-0.1, -0.05) is 40.2 Å². The molecule has 0 unspecified atom stereocenters. The minimum atomic E-state index is -4.57. The Bertz CT molecular complexity index is 994. The molecule has 2 aromatic carbocycles. The molecular weight excluding hydrogens is 463 g/mol. The van der Waals surface area contributed by atoms with Crippen molar-refractivity contribution in [2.75, 3.05) is 17.1 Å². The van der Waals surface area contributed by atoms with Gasteiger partial charge in [0.2, 0.25) is 10.0 Å². The molecule has 0 heterocycles. The molecule has 0 bridgehead atoms. The Morgan fingerprint density at radius 3 is 2.50 bits per heavy atom. The number of nitrogens with one attached hydrogen (secondary N) is 1. The van der Waals surface area contributed by atoms with Crippen LogP contribution in [-0.2, 0) is 21.0 Å². The predicted octanol–water partition coefficient (Wildman–Crippen LogP) is 3.38. The highest BCUT2D eigenvalue weighted by atomic mass is 79.9. The number of nitrogens with zero attached hydrogens (tertiary/aromatic N) is 2. The van der Waals surface area contributed by atoms with Crippen LogP contribution in [0.1, 0.15) is 11.1 Å². The van der Waals surface area contributed by atoms with Gasteiger partial charge < -0.3 is 0 Å². The maximum atomic E-state index is 12.9. The van der Waals surface area contributed by atoms with Crippen LogP contribution in [0.25, 0.3) is 0 Å². The summed E-state index contributed by atoms with van der Waals surface area (Å²) in [6, 6.07) is 11.0. The third-order valence-electron chi connectivity index (χ3n) is 3.44. The van der Waals surface area contributed by atoms with Crippen LogP contribution in [0.3, 0.4) is 0 Å². The lowest BCUT2D eigenvalue weighted by atomic mass is 10.1. The first-order valence-electron chi connectivity index (χ1n) is 7.70. The molecule has 11 heteroatoms. The van der Waals surface area contributed by atoms with Crippen molar-refractivity contribution < 1.29 is 26.4 Å². The van der Waals surface area contributed by atoms with E-state index in [0.717, 1.165) is 22.8 Å². The van der Waals surface area contributed by atoms with Crippen LogP contribution in [0.5, 0.6) is 0 Å². The van der Waals surface area contributed by atoms with Gasteiger partial charge in [-0.05, 0) is 24.3 Å². The van der Waals surface area contributed by atoms with Crippen molar-refractivity contribution in [1.29, 1.82) is 0 Å². The van der Waals surface area contributed by atoms with E-state index in [2.05, 4.69) is 21.0 Å². The number of amides is 1. The maximum absolute atomic E-state index is 12.9. The molecule has 0 spiro atoms. The number of sulfonamides is 1. The monoisotopic (exact) mass is 477 g/mol. The van der Waals surface area contributed by atoms with E-state index in [-0.39, 0.29) is 11.3 Å². The zero-order valence-electron chi connectivity index (χ0n) is 14.4. The Morgan fingerprint density at radius 1 is 1.21 bits per heavy atom. The van der Waals surface area contributed by atoms with Crippen molar-refractivity contribution in [3.63, 3.8) is 0 Å². The normalized spacial score (nSPS) is 12.2. The van der Waals surface area contributed by atoms with Gasteiger partial charge in [0.25, 0.3) is 5.91 Å². The van der Waals surface area contributed by atoms with E-state index in [4.69, 9.17) is 0 Å². The van der Waals surface area contributed by atoms with Crippen molar-refractivity contribution in [2.24, 2.45) is 5.10 Å². The highest BCUT2D eigenvalue weighted by Gasteiger charge is 2.32. The molecule has 0 aliphatic heterocycles. The van der Waals surface area contributed by atoms with Crippen LogP contribution < -0.4 is 9.73 Å². The molecule has 150 valence electrons. The summed E-state index contributed by atoms with van der Waals surface area (Å²) >= 11 is 3.22. The molecule has 28 heavy (non-hydrogen) atoms. The number of alkyl halides is 3. The third-order valence-corrected chi connectivity index (χ3v) is 5.08. The summed E-state index contributed by atoms with van der Waals surface area (Å²) in [6.07, 6.45) is -2.78. The van der Waals surface area contributed by atoms with Crippen LogP contribution >= 0.6 is 15.9 Å². The van der Waals surface area contributed by atoms with Gasteiger partial charge in [0, 0.05) is 10.0 Å². The van der Waals surface area contributed by atoms with E-state index in [1.54, 1.807) is 12.1 Å². The molecular formula is C17H15BrF3N3O3S. The van der Waals surface area contributed by atoms with Gasteiger partial charge in [0.15, 0.2) is 0 Å². The van der Waals surface area contributed by atoms with Crippen molar-refractivity contribution in [1.82, 2.24) is 5.43 Å². The standard InChI is InChI=1S/C17H15BrF3N3O3S/c1-28(26,27)24(14-7-4-6-13(18)9-14)11-16(25)23-22-10-12-5-2-3-8-15(12)17(19,20)21/h2-10H,11H2,1H3,(H,23,25)/b22-10-. The zero-order chi connectivity index (χ0) is 20.9. The number of carbonyl (C=O) groups is 1. The van der Waals surface area contributed by atoms with Crippen molar-refractivity contribution >= 4 is 43.8 Å². The lowest BCUT2D eigenvalue weighted by Crippen LogP contribution is -2.39. The van der Waals surface area contributed by atoms with Gasteiger partial charge in [-0.2, -0.15) is 18.3 Å². The minimum absolute atomic E-state index is 0.234. The molecule has 0 aliphatic carbocycles. The molecule has 0 saturated carbocycles. The second-order valence-corrected chi connectivity index (χ2v) is 8.45. The number of hydrazone groups is 1. The molecule has 1 N–H and O–H groups in total. The number of hydrogen-bond donors (Lipinski definition) is 1. The summed E-state index contributed by atoms with van der Waals surface area (Å²) in [5, 5.41) is 3.51. The second-order valence-electron chi connectivity index (χ2n) is 5.63. The Balaban J connectivity index is 2.14. The van der Waals surface area contributed by atoms with Gasteiger partial charge in [0.1, 0.15) is 6.54 Å². The summed E-state index contributed by atoms with van der Waals surface area (Å²) < 4.78 is 64.3. The highest BCUT2D eigenvalue weighted by molar-refractivity contribution is 9.10. The van der Waals surface area contributed by atoms with E-state index in [1.807, 2.05) is 5.43 Å². The van der Waals surface area contributed by atoms with Gasteiger partial charge in [-0.3, -0.25) is 9.10 Å². The largest absolute Gasteiger partial charge is 0.417 e. The second kappa shape index (κ2) is 8.74. The van der Waals surface area contributed by atoms with Crippen LogP contribution in [0.15, 0.2) is 58.1 Å². The third kappa shape index (κ3) is 6.06. The van der Waals surface area contributed by atoms with Crippen LogP contribution in [-0.4, -0.2) is 33.3 Å². The Hall–Kier alpha value is -2.40. The quantitative estimate of drug-likeness (QED) is 0.511. The van der Waals surface area contributed by atoms with Crippen LogP contribution in [0.2, 0.25) is 0 Å². The number of benzene rings is 2. The zero-order valence-corrected chi connectivity index (χ0v) is 16.8. The van der Waals surface area contributed by atoms with E-state index >= 15 is 0 Å². The van der Waals surface area contributed by atoms with Gasteiger partial charge >= 0.3 is 6.18 Å². The maximum Gasteiger partial charge on any atom is 0.417 e. The predicted molar refractivity (Wildman–Crippen MR) is 104 cm³/mol. The lowest BCUT2D eigenvalue weighted by Gasteiger charge is -2.21. The smallest absolute Gasteiger partial charge is 0.271 e. The van der Waals surface area contributed by atoms with E-state index in [0.29, 0.717) is 4.47 Å². The molecule has 2 aromatic rings. The highest BCUT2D eigenvalue weighted by Crippen LogP contribution is 2.31. The number of halogens is 4. The molecule has 0 aromatic heterocycles. The summed E-state index contributed by atoms with van der Waals surface area (Å²) in [5.41, 5.74) is 1.15. The Labute approximate surface area is 168 Å². The molecule has 2 rings (SSSR count). The number of hydrogen-bond acceptors (Lipinski definition) is 4.